The van der Waals surface area contributed by atoms with E-state index in [1.807, 2.05) is 4.90 Å². The van der Waals surface area contributed by atoms with Gasteiger partial charge in [-0.25, -0.2) is 9.37 Å². The third kappa shape index (κ3) is 3.93. The first-order valence-electron chi connectivity index (χ1n) is 9.21. The van der Waals surface area contributed by atoms with Gasteiger partial charge in [0.1, 0.15) is 5.82 Å². The smallest absolute Gasteiger partial charge is 0.416 e. The van der Waals surface area contributed by atoms with E-state index in [0.717, 1.165) is 12.1 Å². The Kier molecular flexibility index (Phi) is 5.07. The molecule has 0 unspecified atom stereocenters. The van der Waals surface area contributed by atoms with Crippen molar-refractivity contribution in [1.82, 2.24) is 14.9 Å². The second kappa shape index (κ2) is 7.56. The van der Waals surface area contributed by atoms with Crippen LogP contribution in [0.3, 0.4) is 0 Å². The fraction of sp³-hybridized carbons (Fsp3) is 0.238. The maximum absolute atomic E-state index is 13.6. The van der Waals surface area contributed by atoms with Crippen LogP contribution < -0.4 is 5.56 Å². The third-order valence-electron chi connectivity index (χ3n) is 5.10. The zero-order valence-electron chi connectivity index (χ0n) is 15.6. The second-order valence-corrected chi connectivity index (χ2v) is 7.12. The number of halogens is 4. The summed E-state index contributed by atoms with van der Waals surface area (Å²) in [5.41, 5.74) is 0.700. The molecule has 5 nitrogen and oxygen atoms in total. The van der Waals surface area contributed by atoms with Crippen LogP contribution in [0.5, 0.6) is 5.75 Å². The third-order valence-corrected chi connectivity index (χ3v) is 5.10. The second-order valence-electron chi connectivity index (χ2n) is 7.12. The van der Waals surface area contributed by atoms with E-state index < -0.39 is 23.3 Å². The molecule has 2 heterocycles. The van der Waals surface area contributed by atoms with Crippen molar-refractivity contribution < 1.29 is 22.7 Å². The molecule has 0 spiro atoms. The van der Waals surface area contributed by atoms with Gasteiger partial charge in [-0.3, -0.25) is 9.69 Å². The van der Waals surface area contributed by atoms with E-state index in [1.54, 1.807) is 6.07 Å². The van der Waals surface area contributed by atoms with Crippen LogP contribution in [0.1, 0.15) is 22.4 Å². The van der Waals surface area contributed by atoms with Gasteiger partial charge in [0.15, 0.2) is 11.6 Å². The molecule has 1 aliphatic rings. The molecule has 0 radical (unpaired) electrons. The first-order chi connectivity index (χ1) is 14.2. The Bertz CT molecular complexity index is 1140. The van der Waals surface area contributed by atoms with E-state index in [9.17, 15) is 27.5 Å². The molecule has 0 aliphatic carbocycles. The van der Waals surface area contributed by atoms with Crippen molar-refractivity contribution >= 4 is 0 Å². The molecule has 9 heteroatoms. The lowest BCUT2D eigenvalue weighted by Gasteiger charge is -2.28. The zero-order chi connectivity index (χ0) is 21.5. The molecule has 156 valence electrons. The molecule has 30 heavy (non-hydrogen) atoms. The Hall–Kier alpha value is -3.20. The SMILES string of the molecule is O=c1[nH]c(-c2ccc(C(F)(F)F)cc2)nc2c1CCN(Cc1cccc(F)c1O)C2. The van der Waals surface area contributed by atoms with Crippen LogP contribution in [0.25, 0.3) is 11.4 Å². The maximum atomic E-state index is 13.6. The van der Waals surface area contributed by atoms with Gasteiger partial charge in [0.25, 0.3) is 5.56 Å². The summed E-state index contributed by atoms with van der Waals surface area (Å²) in [4.78, 5) is 21.5. The lowest BCUT2D eigenvalue weighted by Crippen LogP contribution is -2.35. The Labute approximate surface area is 168 Å². The monoisotopic (exact) mass is 419 g/mol. The fourth-order valence-corrected chi connectivity index (χ4v) is 3.51. The van der Waals surface area contributed by atoms with E-state index in [0.29, 0.717) is 41.9 Å². The predicted molar refractivity (Wildman–Crippen MR) is 101 cm³/mol. The van der Waals surface area contributed by atoms with Crippen LogP contribution in [0.4, 0.5) is 17.6 Å². The quantitative estimate of drug-likeness (QED) is 0.633. The average molecular weight is 419 g/mol. The highest BCUT2D eigenvalue weighted by molar-refractivity contribution is 5.56. The van der Waals surface area contributed by atoms with Gasteiger partial charge < -0.3 is 10.1 Å². The van der Waals surface area contributed by atoms with Crippen LogP contribution in [0.15, 0.2) is 47.3 Å². The van der Waals surface area contributed by atoms with Crippen molar-refractivity contribution in [3.8, 4) is 17.1 Å². The number of aromatic amines is 1. The Morgan fingerprint density at radius 2 is 1.87 bits per heavy atom. The number of hydrogen-bond donors (Lipinski definition) is 2. The predicted octanol–water partition coefficient (Wildman–Crippen LogP) is 3.86. The molecule has 0 bridgehead atoms. The first kappa shape index (κ1) is 20.1. The minimum Gasteiger partial charge on any atom is -0.505 e. The minimum atomic E-state index is -4.45. The number of nitrogens with zero attached hydrogens (tertiary/aromatic N) is 2. The van der Waals surface area contributed by atoms with Gasteiger partial charge in [-0.2, -0.15) is 13.2 Å². The molecular weight excluding hydrogens is 402 g/mol. The van der Waals surface area contributed by atoms with Crippen LogP contribution >= 0.6 is 0 Å². The van der Waals surface area contributed by atoms with E-state index in [1.165, 1.54) is 24.3 Å². The number of para-hydroxylation sites is 1. The molecule has 2 aromatic carbocycles. The standard InChI is InChI=1S/C21H17F4N3O2/c22-16-3-1-2-13(18(16)29)10-28-9-8-15-17(11-28)26-19(27-20(15)30)12-4-6-14(7-5-12)21(23,24)25/h1-7,29H,8-11H2,(H,26,27,30). The van der Waals surface area contributed by atoms with Crippen molar-refractivity contribution in [1.29, 1.82) is 0 Å². The molecule has 0 saturated heterocycles. The van der Waals surface area contributed by atoms with Crippen molar-refractivity contribution in [2.24, 2.45) is 0 Å². The summed E-state index contributed by atoms with van der Waals surface area (Å²) >= 11 is 0. The van der Waals surface area contributed by atoms with Gasteiger partial charge in [0, 0.05) is 36.3 Å². The summed E-state index contributed by atoms with van der Waals surface area (Å²) in [6, 6.07) is 8.70. The van der Waals surface area contributed by atoms with Crippen molar-refractivity contribution in [2.45, 2.75) is 25.7 Å². The molecule has 4 rings (SSSR count). The summed E-state index contributed by atoms with van der Waals surface area (Å²) in [6.07, 6.45) is -4.03. The number of nitrogens with one attached hydrogen (secondary N) is 1. The molecule has 2 N–H and O–H groups in total. The molecule has 1 aliphatic heterocycles. The number of alkyl halides is 3. The number of H-pyrrole nitrogens is 1. The molecule has 0 saturated carbocycles. The van der Waals surface area contributed by atoms with Crippen molar-refractivity contribution in [2.75, 3.05) is 6.54 Å². The molecular formula is C21H17F4N3O2. The molecule has 0 amide bonds. The first-order valence-corrected chi connectivity index (χ1v) is 9.21. The van der Waals surface area contributed by atoms with Gasteiger partial charge in [0.2, 0.25) is 0 Å². The van der Waals surface area contributed by atoms with Crippen molar-refractivity contribution in [3.63, 3.8) is 0 Å². The van der Waals surface area contributed by atoms with Gasteiger partial charge in [-0.1, -0.05) is 24.3 Å². The fourth-order valence-electron chi connectivity index (χ4n) is 3.51. The number of aromatic hydroxyl groups is 1. The Balaban J connectivity index is 1.60. The lowest BCUT2D eigenvalue weighted by molar-refractivity contribution is -0.137. The largest absolute Gasteiger partial charge is 0.505 e. The molecule has 1 aromatic heterocycles. The normalized spacial score (nSPS) is 14.5. The molecule has 0 fully saturated rings. The van der Waals surface area contributed by atoms with Gasteiger partial charge in [-0.05, 0) is 24.6 Å². The van der Waals surface area contributed by atoms with E-state index >= 15 is 0 Å². The Morgan fingerprint density at radius 1 is 1.13 bits per heavy atom. The van der Waals surface area contributed by atoms with Crippen LogP contribution in [0.2, 0.25) is 0 Å². The van der Waals surface area contributed by atoms with Gasteiger partial charge in [0.05, 0.1) is 11.3 Å². The van der Waals surface area contributed by atoms with Gasteiger partial charge in [-0.15, -0.1) is 0 Å². The summed E-state index contributed by atoms with van der Waals surface area (Å²) in [5, 5.41) is 9.89. The highest BCUT2D eigenvalue weighted by Crippen LogP contribution is 2.30. The number of phenols is 1. The molecule has 3 aromatic rings. The lowest BCUT2D eigenvalue weighted by atomic mass is 10.0. The van der Waals surface area contributed by atoms with Crippen LogP contribution in [0, 0.1) is 5.82 Å². The summed E-state index contributed by atoms with van der Waals surface area (Å²) in [6.45, 7) is 1.09. The molecule has 0 atom stereocenters. The Morgan fingerprint density at radius 3 is 2.57 bits per heavy atom. The number of phenolic OH excluding ortho intramolecular Hbond substituents is 1. The highest BCUT2D eigenvalue weighted by atomic mass is 19.4. The van der Waals surface area contributed by atoms with E-state index in [2.05, 4.69) is 9.97 Å². The van der Waals surface area contributed by atoms with Gasteiger partial charge >= 0.3 is 6.18 Å². The maximum Gasteiger partial charge on any atom is 0.416 e. The van der Waals surface area contributed by atoms with Crippen LogP contribution in [-0.2, 0) is 25.7 Å². The number of hydrogen-bond acceptors (Lipinski definition) is 4. The summed E-state index contributed by atoms with van der Waals surface area (Å²) in [5.74, 6) is -0.931. The average Bonchev–Trinajstić information content (AvgIpc) is 2.70. The van der Waals surface area contributed by atoms with E-state index in [-0.39, 0.29) is 17.9 Å². The van der Waals surface area contributed by atoms with E-state index in [4.69, 9.17) is 0 Å². The highest BCUT2D eigenvalue weighted by Gasteiger charge is 2.30. The number of aromatic nitrogens is 2. The zero-order valence-corrected chi connectivity index (χ0v) is 15.6. The van der Waals surface area contributed by atoms with Crippen molar-refractivity contribution in [3.05, 3.63) is 81.0 Å². The summed E-state index contributed by atoms with van der Waals surface area (Å²) < 4.78 is 51.9. The number of fused-ring (bicyclic) bond motifs is 1. The minimum absolute atomic E-state index is 0.183. The summed E-state index contributed by atoms with van der Waals surface area (Å²) in [7, 11) is 0. The number of rotatable bonds is 3. The number of benzene rings is 2. The van der Waals surface area contributed by atoms with Crippen LogP contribution in [-0.4, -0.2) is 26.5 Å². The topological polar surface area (TPSA) is 69.2 Å².